The molecule has 2 heterocycles. The summed E-state index contributed by atoms with van der Waals surface area (Å²) in [6, 6.07) is 10.5. The lowest BCUT2D eigenvalue weighted by Crippen LogP contribution is -2.54. The third-order valence-electron chi connectivity index (χ3n) is 5.70. The lowest BCUT2D eigenvalue weighted by atomic mass is 9.73. The van der Waals surface area contributed by atoms with Crippen LogP contribution in [0.4, 0.5) is 18.9 Å². The molecule has 0 bridgehead atoms. The number of anilines is 1. The minimum atomic E-state index is -4.65. The van der Waals surface area contributed by atoms with Crippen molar-refractivity contribution in [3.05, 3.63) is 64.7 Å². The third-order valence-corrected chi connectivity index (χ3v) is 5.94. The molecule has 28 heavy (non-hydrogen) atoms. The van der Waals surface area contributed by atoms with Crippen LogP contribution in [0.3, 0.4) is 0 Å². The van der Waals surface area contributed by atoms with E-state index in [-0.39, 0.29) is 0 Å². The van der Waals surface area contributed by atoms with Crippen LogP contribution in [0, 0.1) is 5.92 Å². The van der Waals surface area contributed by atoms with E-state index >= 15 is 0 Å². The molecule has 1 N–H and O–H groups in total. The van der Waals surface area contributed by atoms with Crippen molar-refractivity contribution in [1.29, 1.82) is 0 Å². The second-order valence-electron chi connectivity index (χ2n) is 7.10. The van der Waals surface area contributed by atoms with Gasteiger partial charge in [0.05, 0.1) is 11.6 Å². The molecule has 146 valence electrons. The number of nitrogens with one attached hydrogen (secondary N) is 1. The summed E-state index contributed by atoms with van der Waals surface area (Å²) in [4.78, 5) is 26.6. The molecule has 2 aromatic carbocycles. The molecule has 2 aromatic rings. The first kappa shape index (κ1) is 19.0. The van der Waals surface area contributed by atoms with Gasteiger partial charge in [-0.25, -0.2) is 0 Å². The number of aldehydes is 1. The summed E-state index contributed by atoms with van der Waals surface area (Å²) in [7, 11) is 1.47. The van der Waals surface area contributed by atoms with Crippen molar-refractivity contribution in [1.82, 2.24) is 5.32 Å². The number of alkyl halides is 3. The molecule has 1 fully saturated rings. The highest BCUT2D eigenvalue weighted by Crippen LogP contribution is 2.55. The minimum absolute atomic E-state index is 0.328. The van der Waals surface area contributed by atoms with Crippen molar-refractivity contribution in [3.63, 3.8) is 0 Å². The Balaban J connectivity index is 1.96. The van der Waals surface area contributed by atoms with Gasteiger partial charge in [-0.15, -0.1) is 0 Å². The molecule has 2 aliphatic rings. The fourth-order valence-electron chi connectivity index (χ4n) is 4.52. The maximum absolute atomic E-state index is 14.0. The molecular weight excluding hydrogens is 393 g/mol. The van der Waals surface area contributed by atoms with E-state index in [0.29, 0.717) is 28.1 Å². The Morgan fingerprint density at radius 3 is 2.46 bits per heavy atom. The Hall–Kier alpha value is -2.38. The number of likely N-dealkylation sites (N-methyl/N-ethyl adjacent to an activating group) is 1. The maximum Gasteiger partial charge on any atom is 0.404 e. The second-order valence-corrected chi connectivity index (χ2v) is 7.53. The fraction of sp³-hybridized carbons (Fsp3) is 0.300. The molecule has 1 saturated heterocycles. The van der Waals surface area contributed by atoms with Gasteiger partial charge in [0.25, 0.3) is 5.91 Å². The quantitative estimate of drug-likeness (QED) is 0.772. The SMILES string of the molecule is CN1C(=O)[C@]2(N[C@H](C(F)(F)F)[C@@H](c3ccccc3)[C@@H]2C=O)c2ccc(Cl)cc21. The van der Waals surface area contributed by atoms with Crippen molar-refractivity contribution in [3.8, 4) is 0 Å². The zero-order chi connectivity index (χ0) is 20.3. The van der Waals surface area contributed by atoms with Crippen LogP contribution in [0.25, 0.3) is 0 Å². The van der Waals surface area contributed by atoms with Gasteiger partial charge in [0.1, 0.15) is 17.9 Å². The van der Waals surface area contributed by atoms with Crippen LogP contribution < -0.4 is 10.2 Å². The smallest absolute Gasteiger partial charge is 0.313 e. The molecule has 2 aliphatic heterocycles. The van der Waals surface area contributed by atoms with E-state index in [1.165, 1.54) is 30.1 Å². The topological polar surface area (TPSA) is 49.4 Å². The molecule has 0 radical (unpaired) electrons. The van der Waals surface area contributed by atoms with Crippen LogP contribution in [0.5, 0.6) is 0 Å². The van der Waals surface area contributed by atoms with Crippen molar-refractivity contribution in [2.45, 2.75) is 23.7 Å². The van der Waals surface area contributed by atoms with E-state index < -0.39 is 35.5 Å². The molecule has 0 aromatic heterocycles. The van der Waals surface area contributed by atoms with Crippen LogP contribution in [0.2, 0.25) is 5.02 Å². The van der Waals surface area contributed by atoms with Gasteiger partial charge in [-0.2, -0.15) is 13.2 Å². The number of fused-ring (bicyclic) bond motifs is 2. The van der Waals surface area contributed by atoms with Crippen molar-refractivity contribution < 1.29 is 22.8 Å². The molecular formula is C20H16ClF3N2O2. The van der Waals surface area contributed by atoms with Crippen LogP contribution in [-0.2, 0) is 15.1 Å². The number of hydrogen-bond donors (Lipinski definition) is 1. The van der Waals surface area contributed by atoms with Crippen LogP contribution in [-0.4, -0.2) is 31.5 Å². The summed E-state index contributed by atoms with van der Waals surface area (Å²) >= 11 is 6.02. The van der Waals surface area contributed by atoms with Crippen LogP contribution in [0.15, 0.2) is 48.5 Å². The van der Waals surface area contributed by atoms with Crippen molar-refractivity contribution in [2.24, 2.45) is 5.92 Å². The Labute approximate surface area is 164 Å². The summed E-state index contributed by atoms with van der Waals surface area (Å²) < 4.78 is 41.9. The summed E-state index contributed by atoms with van der Waals surface area (Å²) in [6.45, 7) is 0. The highest BCUT2D eigenvalue weighted by molar-refractivity contribution is 6.31. The van der Waals surface area contributed by atoms with E-state index in [1.54, 1.807) is 30.3 Å². The molecule has 0 aliphatic carbocycles. The average Bonchev–Trinajstić information content (AvgIpc) is 3.12. The molecule has 0 unspecified atom stereocenters. The number of amides is 1. The number of hydrogen-bond acceptors (Lipinski definition) is 3. The van der Waals surface area contributed by atoms with Gasteiger partial charge < -0.3 is 9.69 Å². The van der Waals surface area contributed by atoms with E-state index in [1.807, 2.05) is 0 Å². The molecule has 1 spiro atoms. The standard InChI is InChI=1S/C20H16ClF3N2O2/c1-26-15-9-12(21)7-8-13(15)19(18(26)28)14(10-27)16(11-5-3-2-4-6-11)17(25-19)20(22,23)24/h2-10,14,16-17,25H,1H3/t14-,16-,17-,19-/m0/s1. The van der Waals surface area contributed by atoms with E-state index in [9.17, 15) is 22.8 Å². The van der Waals surface area contributed by atoms with Crippen molar-refractivity contribution >= 4 is 29.5 Å². The lowest BCUT2D eigenvalue weighted by molar-refractivity contribution is -0.158. The number of halogens is 4. The molecule has 4 nitrogen and oxygen atoms in total. The first-order valence-corrected chi connectivity index (χ1v) is 9.02. The molecule has 1 amide bonds. The second kappa shape index (κ2) is 6.32. The number of carbonyl (C=O) groups is 2. The van der Waals surface area contributed by atoms with Crippen LogP contribution in [0.1, 0.15) is 17.0 Å². The highest BCUT2D eigenvalue weighted by atomic mass is 35.5. The first-order valence-electron chi connectivity index (χ1n) is 8.64. The maximum atomic E-state index is 14.0. The number of benzene rings is 2. The third kappa shape index (κ3) is 2.49. The minimum Gasteiger partial charge on any atom is -0.313 e. The molecule has 8 heteroatoms. The zero-order valence-electron chi connectivity index (χ0n) is 14.7. The average molecular weight is 409 g/mol. The number of nitrogens with zero attached hydrogens (tertiary/aromatic N) is 1. The largest absolute Gasteiger partial charge is 0.404 e. The lowest BCUT2D eigenvalue weighted by Gasteiger charge is -2.28. The van der Waals surface area contributed by atoms with E-state index in [2.05, 4.69) is 5.32 Å². The normalized spacial score (nSPS) is 29.4. The van der Waals surface area contributed by atoms with E-state index in [0.717, 1.165) is 0 Å². The van der Waals surface area contributed by atoms with Gasteiger partial charge in [0.15, 0.2) is 0 Å². The summed E-state index contributed by atoms with van der Waals surface area (Å²) in [5.74, 6) is -3.08. The zero-order valence-corrected chi connectivity index (χ0v) is 15.5. The van der Waals surface area contributed by atoms with Gasteiger partial charge in [-0.05, 0) is 17.7 Å². The Kier molecular flexibility index (Phi) is 4.28. The first-order chi connectivity index (χ1) is 13.2. The number of carbonyl (C=O) groups excluding carboxylic acids is 2. The summed E-state index contributed by atoms with van der Waals surface area (Å²) in [5.41, 5.74) is -0.721. The Morgan fingerprint density at radius 2 is 1.86 bits per heavy atom. The Bertz CT molecular complexity index is 950. The van der Waals surface area contributed by atoms with Gasteiger partial charge in [0, 0.05) is 23.6 Å². The van der Waals surface area contributed by atoms with Crippen LogP contribution >= 0.6 is 11.6 Å². The molecule has 4 atom stereocenters. The monoisotopic (exact) mass is 408 g/mol. The summed E-state index contributed by atoms with van der Waals surface area (Å²) in [6.07, 6.45) is -4.19. The number of rotatable bonds is 2. The van der Waals surface area contributed by atoms with E-state index in [4.69, 9.17) is 11.6 Å². The van der Waals surface area contributed by atoms with Crippen molar-refractivity contribution in [2.75, 3.05) is 11.9 Å². The van der Waals surface area contributed by atoms with Gasteiger partial charge in [-0.3, -0.25) is 10.1 Å². The predicted octanol–water partition coefficient (Wildman–Crippen LogP) is 3.64. The Morgan fingerprint density at radius 1 is 1.18 bits per heavy atom. The fourth-order valence-corrected chi connectivity index (χ4v) is 4.69. The summed E-state index contributed by atoms with van der Waals surface area (Å²) in [5, 5.41) is 2.87. The van der Waals surface area contributed by atoms with Gasteiger partial charge in [-0.1, -0.05) is 48.0 Å². The van der Waals surface area contributed by atoms with Gasteiger partial charge in [0.2, 0.25) is 0 Å². The molecule has 0 saturated carbocycles. The van der Waals surface area contributed by atoms with Gasteiger partial charge >= 0.3 is 6.18 Å². The molecule has 4 rings (SSSR count). The highest BCUT2D eigenvalue weighted by Gasteiger charge is 2.68. The predicted molar refractivity (Wildman–Crippen MR) is 98.3 cm³/mol.